The minimum atomic E-state index is -0.958. The first-order chi connectivity index (χ1) is 6.29. The van der Waals surface area contributed by atoms with E-state index in [0.29, 0.717) is 6.61 Å². The molecule has 3 nitrogen and oxygen atoms in total. The number of nitrogens with one attached hydrogen (secondary N) is 1. The predicted octanol–water partition coefficient (Wildman–Crippen LogP) is 0.809. The molecule has 1 heterocycles. The topological polar surface area (TPSA) is 30.5 Å². The summed E-state index contributed by atoms with van der Waals surface area (Å²) in [5.74, 6) is 0. The molecule has 1 N–H and O–H groups in total. The summed E-state index contributed by atoms with van der Waals surface area (Å²) in [5, 5.41) is 1.19. The average molecular weight is 201 g/mol. The maximum absolute atomic E-state index is 5.45. The Labute approximate surface area is 81.8 Å². The van der Waals surface area contributed by atoms with E-state index in [4.69, 9.17) is 9.47 Å². The van der Waals surface area contributed by atoms with Crippen molar-refractivity contribution in [1.29, 1.82) is 0 Å². The molecule has 1 aliphatic rings. The summed E-state index contributed by atoms with van der Waals surface area (Å²) in [4.78, 5) is 3.55. The van der Waals surface area contributed by atoms with Crippen molar-refractivity contribution in [3.8, 4) is 0 Å². The van der Waals surface area contributed by atoms with Crippen LogP contribution in [0.4, 0.5) is 0 Å². The maximum Gasteiger partial charge on any atom is 0.185 e. The zero-order valence-corrected chi connectivity index (χ0v) is 9.88. The van der Waals surface area contributed by atoms with Crippen LogP contribution < -0.4 is 4.98 Å². The Morgan fingerprint density at radius 2 is 2.23 bits per heavy atom. The van der Waals surface area contributed by atoms with E-state index < -0.39 is 8.96 Å². The van der Waals surface area contributed by atoms with Gasteiger partial charge >= 0.3 is 0 Å². The van der Waals surface area contributed by atoms with Crippen molar-refractivity contribution in [2.24, 2.45) is 0 Å². The largest absolute Gasteiger partial charge is 0.505 e. The summed E-state index contributed by atoms with van der Waals surface area (Å²) in [6.45, 7) is 3.94. The molecule has 76 valence electrons. The van der Waals surface area contributed by atoms with Crippen molar-refractivity contribution >= 4 is 8.96 Å². The van der Waals surface area contributed by atoms with Crippen LogP contribution in [0.1, 0.15) is 13.3 Å². The fourth-order valence-electron chi connectivity index (χ4n) is 1.81. The van der Waals surface area contributed by atoms with Gasteiger partial charge in [0.15, 0.2) is 8.96 Å². The van der Waals surface area contributed by atoms with Gasteiger partial charge in [-0.2, -0.15) is 0 Å². The van der Waals surface area contributed by atoms with Crippen molar-refractivity contribution in [3.05, 3.63) is 11.0 Å². The second-order valence-electron chi connectivity index (χ2n) is 3.43. The van der Waals surface area contributed by atoms with Crippen LogP contribution in [-0.4, -0.2) is 36.3 Å². The number of ether oxygens (including phenoxy) is 2. The average Bonchev–Trinajstić information content (AvgIpc) is 2.59. The van der Waals surface area contributed by atoms with Crippen LogP contribution in [0, 0.1) is 0 Å². The van der Waals surface area contributed by atoms with Gasteiger partial charge in [0.1, 0.15) is 0 Å². The summed E-state index contributed by atoms with van der Waals surface area (Å²) in [6.07, 6.45) is 1.30. The Morgan fingerprint density at radius 1 is 1.46 bits per heavy atom. The van der Waals surface area contributed by atoms with Crippen molar-refractivity contribution in [2.45, 2.75) is 19.4 Å². The summed E-state index contributed by atoms with van der Waals surface area (Å²) >= 11 is 0. The zero-order chi connectivity index (χ0) is 9.68. The van der Waals surface area contributed by atoms with Crippen LogP contribution in [0.15, 0.2) is 11.0 Å². The van der Waals surface area contributed by atoms with Gasteiger partial charge < -0.3 is 14.5 Å². The van der Waals surface area contributed by atoms with Crippen molar-refractivity contribution in [3.63, 3.8) is 0 Å². The van der Waals surface area contributed by atoms with Gasteiger partial charge in [-0.05, 0) is 31.5 Å². The van der Waals surface area contributed by atoms with Gasteiger partial charge in [-0.3, -0.25) is 0 Å². The molecule has 0 bridgehead atoms. The van der Waals surface area contributed by atoms with E-state index in [9.17, 15) is 0 Å². The molecule has 1 saturated heterocycles. The van der Waals surface area contributed by atoms with E-state index in [1.54, 1.807) is 14.2 Å². The highest BCUT2D eigenvalue weighted by Crippen LogP contribution is 2.15. The molecule has 1 aliphatic heterocycles. The van der Waals surface area contributed by atoms with Gasteiger partial charge in [-0.1, -0.05) is 0 Å². The zero-order valence-electron chi connectivity index (χ0n) is 8.72. The quantitative estimate of drug-likeness (QED) is 0.539. The minimum absolute atomic E-state index is 0.689. The number of methoxy groups -OCH3 is 2. The fourth-order valence-corrected chi connectivity index (χ4v) is 4.59. The van der Waals surface area contributed by atoms with Crippen LogP contribution in [0.25, 0.3) is 0 Å². The fraction of sp³-hybridized carbons (Fsp3) is 0.778. The molecule has 4 heteroatoms. The number of hydrogen-bond donors (Lipinski definition) is 1. The molecule has 0 amide bonds. The van der Waals surface area contributed by atoms with E-state index in [1.165, 1.54) is 23.4 Å². The Morgan fingerprint density at radius 3 is 2.69 bits per heavy atom. The monoisotopic (exact) mass is 201 g/mol. The molecule has 0 radical (unpaired) electrons. The van der Waals surface area contributed by atoms with Crippen molar-refractivity contribution < 1.29 is 9.47 Å². The van der Waals surface area contributed by atoms with E-state index in [-0.39, 0.29) is 0 Å². The Balaban J connectivity index is 2.63. The van der Waals surface area contributed by atoms with Crippen LogP contribution in [-0.2, 0) is 9.47 Å². The van der Waals surface area contributed by atoms with Gasteiger partial charge in [-0.15, -0.1) is 0 Å². The summed E-state index contributed by atoms with van der Waals surface area (Å²) in [6, 6.07) is 1.31. The van der Waals surface area contributed by atoms with Crippen LogP contribution in [0.5, 0.6) is 0 Å². The summed E-state index contributed by atoms with van der Waals surface area (Å²) < 4.78 is 10.5. The predicted molar refractivity (Wildman–Crippen MR) is 56.2 cm³/mol. The molecule has 0 aromatic heterocycles. The summed E-state index contributed by atoms with van der Waals surface area (Å²) in [7, 11) is 2.53. The van der Waals surface area contributed by atoms with Gasteiger partial charge in [0, 0.05) is 7.11 Å². The molecular formula is C9H19NO2Si. The highest BCUT2D eigenvalue weighted by molar-refractivity contribution is 6.64. The van der Waals surface area contributed by atoms with E-state index in [0.717, 1.165) is 6.54 Å². The molecule has 0 aromatic carbocycles. The molecular weight excluding hydrogens is 182 g/mol. The number of hydrogen-bond acceptors (Lipinski definition) is 3. The highest BCUT2D eigenvalue weighted by Gasteiger charge is 2.23. The Hall–Kier alpha value is -0.323. The Bertz CT molecular complexity index is 188. The lowest BCUT2D eigenvalue weighted by Gasteiger charge is -2.15. The highest BCUT2D eigenvalue weighted by atomic mass is 28.3. The standard InChI is InChI=1S/C9H19NO2Si/c1-8(7-11-2)9(12-3)13-6-4-5-10-13/h10,13H,4-7H2,1-3H3. The molecule has 13 heavy (non-hydrogen) atoms. The Kier molecular flexibility index (Phi) is 4.48. The van der Waals surface area contributed by atoms with Crippen molar-refractivity contribution in [2.75, 3.05) is 27.4 Å². The smallest absolute Gasteiger partial charge is 0.185 e. The molecule has 1 atom stereocenters. The molecule has 1 unspecified atom stereocenters. The lowest BCUT2D eigenvalue weighted by atomic mass is 10.4. The van der Waals surface area contributed by atoms with Crippen LogP contribution >= 0.6 is 0 Å². The first kappa shape index (κ1) is 10.8. The third kappa shape index (κ3) is 2.82. The lowest BCUT2D eigenvalue weighted by molar-refractivity contribution is 0.217. The normalized spacial score (nSPS) is 24.4. The lowest BCUT2D eigenvalue weighted by Crippen LogP contribution is -2.31. The second-order valence-corrected chi connectivity index (χ2v) is 6.05. The first-order valence-corrected chi connectivity index (χ1v) is 6.72. The summed E-state index contributed by atoms with van der Waals surface area (Å²) in [5.41, 5.74) is 1.25. The molecule has 1 fully saturated rings. The van der Waals surface area contributed by atoms with Gasteiger partial charge in [-0.25, -0.2) is 0 Å². The van der Waals surface area contributed by atoms with E-state index in [2.05, 4.69) is 11.9 Å². The minimum Gasteiger partial charge on any atom is -0.505 e. The third-order valence-electron chi connectivity index (χ3n) is 2.38. The van der Waals surface area contributed by atoms with Gasteiger partial charge in [0.2, 0.25) is 0 Å². The molecule has 0 saturated carbocycles. The molecule has 0 aromatic rings. The van der Waals surface area contributed by atoms with E-state index in [1.807, 2.05) is 0 Å². The number of rotatable bonds is 4. The second kappa shape index (κ2) is 5.42. The molecule has 0 aliphatic carbocycles. The van der Waals surface area contributed by atoms with E-state index >= 15 is 0 Å². The van der Waals surface area contributed by atoms with Crippen molar-refractivity contribution in [1.82, 2.24) is 4.98 Å². The molecule has 1 rings (SSSR count). The third-order valence-corrected chi connectivity index (χ3v) is 5.51. The molecule has 0 spiro atoms. The van der Waals surface area contributed by atoms with Crippen LogP contribution in [0.2, 0.25) is 6.04 Å². The SMILES string of the molecule is COCC(C)=C(OC)[SiH]1CCCN1. The maximum atomic E-state index is 5.45. The van der Waals surface area contributed by atoms with Gasteiger partial charge in [0.05, 0.1) is 19.1 Å². The van der Waals surface area contributed by atoms with Crippen LogP contribution in [0.3, 0.4) is 0 Å². The van der Waals surface area contributed by atoms with Gasteiger partial charge in [0.25, 0.3) is 0 Å². The first-order valence-electron chi connectivity index (χ1n) is 4.75.